The largest absolute Gasteiger partial charge is 0.370 e. The summed E-state index contributed by atoms with van der Waals surface area (Å²) in [4.78, 5) is 21.1. The van der Waals surface area contributed by atoms with E-state index in [1.807, 2.05) is 17.9 Å². The fraction of sp³-hybridized carbons (Fsp3) is 0.600. The molecule has 1 atom stereocenters. The van der Waals surface area contributed by atoms with Crippen molar-refractivity contribution in [1.29, 1.82) is 0 Å². The molecule has 1 aromatic rings. The minimum atomic E-state index is 0.106. The van der Waals surface area contributed by atoms with Gasteiger partial charge >= 0.3 is 0 Å². The maximum atomic E-state index is 12.5. The van der Waals surface area contributed by atoms with Crippen molar-refractivity contribution in [2.24, 2.45) is 0 Å². The summed E-state index contributed by atoms with van der Waals surface area (Å²) in [5, 5.41) is 3.14. The summed E-state index contributed by atoms with van der Waals surface area (Å²) in [7, 11) is 0. The number of hydrogen-bond acceptors (Lipinski definition) is 4. The second kappa shape index (κ2) is 6.70. The van der Waals surface area contributed by atoms with E-state index in [9.17, 15) is 4.79 Å². The summed E-state index contributed by atoms with van der Waals surface area (Å²) in [5.41, 5.74) is 0.716. The predicted molar refractivity (Wildman–Crippen MR) is 81.0 cm³/mol. The van der Waals surface area contributed by atoms with Gasteiger partial charge in [-0.15, -0.1) is 0 Å². The topological polar surface area (TPSA) is 48.5 Å². The maximum Gasteiger partial charge on any atom is 0.254 e. The van der Waals surface area contributed by atoms with Crippen molar-refractivity contribution in [3.05, 3.63) is 23.9 Å². The molecular weight excluding hydrogens is 252 g/mol. The first kappa shape index (κ1) is 14.8. The molecule has 1 unspecified atom stereocenters. The molecule has 0 aromatic carbocycles. The molecule has 0 aliphatic carbocycles. The Labute approximate surface area is 121 Å². The Bertz CT molecular complexity index is 463. The number of carbonyl (C=O) groups is 1. The first-order valence-electron chi connectivity index (χ1n) is 7.39. The lowest BCUT2D eigenvalue weighted by Gasteiger charge is -2.39. The van der Waals surface area contributed by atoms with Crippen LogP contribution < -0.4 is 5.32 Å². The summed E-state index contributed by atoms with van der Waals surface area (Å²) < 4.78 is 0. The van der Waals surface area contributed by atoms with Crippen molar-refractivity contribution in [2.45, 2.75) is 26.8 Å². The smallest absolute Gasteiger partial charge is 0.254 e. The first-order valence-corrected chi connectivity index (χ1v) is 7.39. The lowest BCUT2D eigenvalue weighted by Crippen LogP contribution is -2.53. The Hall–Kier alpha value is -1.62. The Morgan fingerprint density at radius 3 is 2.90 bits per heavy atom. The van der Waals surface area contributed by atoms with Crippen molar-refractivity contribution in [3.8, 4) is 0 Å². The molecule has 1 saturated heterocycles. The number of anilines is 1. The zero-order valence-electron chi connectivity index (χ0n) is 12.6. The summed E-state index contributed by atoms with van der Waals surface area (Å²) >= 11 is 0. The average Bonchev–Trinajstić information content (AvgIpc) is 2.47. The standard InChI is InChI=1S/C15H24N4O/c1-4-16-14-10-13(6-7-17-14)15(20)19-9-8-18(5-2)12(3)11-19/h6-7,10,12H,4-5,8-9,11H2,1-3H3,(H,16,17). The third kappa shape index (κ3) is 3.28. The summed E-state index contributed by atoms with van der Waals surface area (Å²) in [6.45, 7) is 10.8. The quantitative estimate of drug-likeness (QED) is 0.909. The number of amides is 1. The van der Waals surface area contributed by atoms with Gasteiger partial charge < -0.3 is 10.2 Å². The highest BCUT2D eigenvalue weighted by Crippen LogP contribution is 2.14. The molecule has 1 aromatic heterocycles. The summed E-state index contributed by atoms with van der Waals surface area (Å²) in [5.74, 6) is 0.868. The van der Waals surface area contributed by atoms with Crippen LogP contribution in [-0.2, 0) is 0 Å². The number of carbonyl (C=O) groups excluding carboxylic acids is 1. The van der Waals surface area contributed by atoms with E-state index < -0.39 is 0 Å². The molecule has 1 amide bonds. The van der Waals surface area contributed by atoms with Crippen molar-refractivity contribution in [3.63, 3.8) is 0 Å². The van der Waals surface area contributed by atoms with Crippen LogP contribution in [0, 0.1) is 0 Å². The van der Waals surface area contributed by atoms with Gasteiger partial charge in [0.05, 0.1) is 0 Å². The number of nitrogens with one attached hydrogen (secondary N) is 1. The number of likely N-dealkylation sites (N-methyl/N-ethyl adjacent to an activating group) is 1. The Morgan fingerprint density at radius 2 is 2.25 bits per heavy atom. The molecule has 5 heteroatoms. The number of nitrogens with zero attached hydrogens (tertiary/aromatic N) is 3. The predicted octanol–water partition coefficient (Wildman–Crippen LogP) is 1.68. The molecule has 20 heavy (non-hydrogen) atoms. The number of aromatic nitrogens is 1. The molecule has 2 rings (SSSR count). The lowest BCUT2D eigenvalue weighted by atomic mass is 10.1. The second-order valence-corrected chi connectivity index (χ2v) is 5.19. The number of hydrogen-bond donors (Lipinski definition) is 1. The average molecular weight is 276 g/mol. The van der Waals surface area contributed by atoms with Gasteiger partial charge in [0.15, 0.2) is 0 Å². The molecule has 0 bridgehead atoms. The van der Waals surface area contributed by atoms with Gasteiger partial charge in [0.2, 0.25) is 0 Å². The molecule has 0 saturated carbocycles. The fourth-order valence-electron chi connectivity index (χ4n) is 2.67. The van der Waals surface area contributed by atoms with Crippen molar-refractivity contribution in [1.82, 2.24) is 14.8 Å². The van der Waals surface area contributed by atoms with Crippen LogP contribution in [0.5, 0.6) is 0 Å². The van der Waals surface area contributed by atoms with E-state index in [0.29, 0.717) is 11.6 Å². The van der Waals surface area contributed by atoms with Crippen LogP contribution in [0.1, 0.15) is 31.1 Å². The highest BCUT2D eigenvalue weighted by molar-refractivity contribution is 5.94. The summed E-state index contributed by atoms with van der Waals surface area (Å²) in [6.07, 6.45) is 1.69. The molecule has 5 nitrogen and oxygen atoms in total. The SMILES string of the molecule is CCNc1cc(C(=O)N2CCN(CC)C(C)C2)ccn1. The maximum absolute atomic E-state index is 12.5. The molecule has 110 valence electrons. The highest BCUT2D eigenvalue weighted by atomic mass is 16.2. The van der Waals surface area contributed by atoms with Gasteiger partial charge in [-0.1, -0.05) is 6.92 Å². The van der Waals surface area contributed by atoms with Crippen LogP contribution in [0.2, 0.25) is 0 Å². The van der Waals surface area contributed by atoms with Gasteiger partial charge in [-0.2, -0.15) is 0 Å². The van der Waals surface area contributed by atoms with E-state index in [2.05, 4.69) is 29.0 Å². The van der Waals surface area contributed by atoms with E-state index >= 15 is 0 Å². The Kier molecular flexibility index (Phi) is 4.95. The molecule has 1 N–H and O–H groups in total. The van der Waals surface area contributed by atoms with Gasteiger partial charge in [-0.3, -0.25) is 9.69 Å². The number of pyridine rings is 1. The van der Waals surface area contributed by atoms with Crippen molar-refractivity contribution in [2.75, 3.05) is 38.0 Å². The molecule has 0 spiro atoms. The van der Waals surface area contributed by atoms with Crippen LogP contribution in [0.4, 0.5) is 5.82 Å². The number of rotatable bonds is 4. The van der Waals surface area contributed by atoms with Crippen molar-refractivity contribution >= 4 is 11.7 Å². The lowest BCUT2D eigenvalue weighted by molar-refractivity contribution is 0.0528. The second-order valence-electron chi connectivity index (χ2n) is 5.19. The summed E-state index contributed by atoms with van der Waals surface area (Å²) in [6, 6.07) is 4.05. The van der Waals surface area contributed by atoms with E-state index in [0.717, 1.165) is 38.5 Å². The monoisotopic (exact) mass is 276 g/mol. The molecule has 1 aliphatic heterocycles. The van der Waals surface area contributed by atoms with Crippen LogP contribution in [0.25, 0.3) is 0 Å². The van der Waals surface area contributed by atoms with E-state index in [1.54, 1.807) is 12.3 Å². The third-order valence-corrected chi connectivity index (χ3v) is 3.82. The minimum Gasteiger partial charge on any atom is -0.370 e. The van der Waals surface area contributed by atoms with Crippen LogP contribution in [-0.4, -0.2) is 59.5 Å². The van der Waals surface area contributed by atoms with Gasteiger partial charge in [0.25, 0.3) is 5.91 Å². The molecule has 0 radical (unpaired) electrons. The molecular formula is C15H24N4O. The molecule has 1 fully saturated rings. The van der Waals surface area contributed by atoms with Crippen LogP contribution >= 0.6 is 0 Å². The van der Waals surface area contributed by atoms with E-state index in [-0.39, 0.29) is 5.91 Å². The van der Waals surface area contributed by atoms with Gasteiger partial charge in [-0.25, -0.2) is 4.98 Å². The zero-order chi connectivity index (χ0) is 14.5. The normalized spacial score (nSPS) is 19.9. The Morgan fingerprint density at radius 1 is 1.45 bits per heavy atom. The first-order chi connectivity index (χ1) is 9.65. The minimum absolute atomic E-state index is 0.106. The third-order valence-electron chi connectivity index (χ3n) is 3.82. The van der Waals surface area contributed by atoms with Crippen molar-refractivity contribution < 1.29 is 4.79 Å². The van der Waals surface area contributed by atoms with Gasteiger partial charge in [0.1, 0.15) is 5.82 Å². The number of piperazine rings is 1. The van der Waals surface area contributed by atoms with Gasteiger partial charge in [0, 0.05) is 44.0 Å². The van der Waals surface area contributed by atoms with Gasteiger partial charge in [-0.05, 0) is 32.5 Å². The van der Waals surface area contributed by atoms with Crippen LogP contribution in [0.3, 0.4) is 0 Å². The molecule has 1 aliphatic rings. The van der Waals surface area contributed by atoms with E-state index in [1.165, 1.54) is 0 Å². The highest BCUT2D eigenvalue weighted by Gasteiger charge is 2.26. The van der Waals surface area contributed by atoms with Crippen LogP contribution in [0.15, 0.2) is 18.3 Å². The Balaban J connectivity index is 2.06. The molecule has 2 heterocycles. The fourth-order valence-corrected chi connectivity index (χ4v) is 2.67. The zero-order valence-corrected chi connectivity index (χ0v) is 12.6. The van der Waals surface area contributed by atoms with E-state index in [4.69, 9.17) is 0 Å².